The van der Waals surface area contributed by atoms with E-state index in [4.69, 9.17) is 9.47 Å². The van der Waals surface area contributed by atoms with Gasteiger partial charge in [-0.3, -0.25) is 19.2 Å². The summed E-state index contributed by atoms with van der Waals surface area (Å²) >= 11 is 0. The van der Waals surface area contributed by atoms with Crippen LogP contribution in [0.3, 0.4) is 0 Å². The summed E-state index contributed by atoms with van der Waals surface area (Å²) in [6.07, 6.45) is 3.90. The molecule has 1 spiro atoms. The molecule has 2 N–H and O–H groups in total. The Morgan fingerprint density at radius 3 is 1.67 bits per heavy atom. The van der Waals surface area contributed by atoms with Gasteiger partial charge in [-0.25, -0.2) is 0 Å². The first kappa shape index (κ1) is 28.0. The van der Waals surface area contributed by atoms with Crippen LogP contribution in [0, 0.1) is 52.8 Å². The number of carbonyl (C=O) groups is 4. The maximum absolute atomic E-state index is 14.6. The molecule has 9 unspecified atom stereocenters. The molecule has 0 amide bonds. The molecule has 45 heavy (non-hydrogen) atoms. The number of allylic oxidation sites excluding steroid dienone is 4. The van der Waals surface area contributed by atoms with E-state index in [1.807, 2.05) is 71.0 Å². The molecule has 3 aromatic rings. The molecule has 0 saturated heterocycles. The molecular formula is C37H34O8. The molecule has 8 rings (SSSR count). The molecule has 1 heterocycles. The van der Waals surface area contributed by atoms with Crippen LogP contribution in [0.4, 0.5) is 0 Å². The van der Waals surface area contributed by atoms with Gasteiger partial charge in [0, 0.05) is 33.4 Å². The van der Waals surface area contributed by atoms with Crippen molar-refractivity contribution >= 4 is 45.4 Å². The van der Waals surface area contributed by atoms with E-state index in [2.05, 4.69) is 0 Å². The predicted molar refractivity (Wildman–Crippen MR) is 165 cm³/mol. The molecule has 8 nitrogen and oxygen atoms in total. The van der Waals surface area contributed by atoms with Crippen molar-refractivity contribution in [2.75, 3.05) is 0 Å². The van der Waals surface area contributed by atoms with E-state index in [0.29, 0.717) is 33.0 Å². The fourth-order valence-corrected chi connectivity index (χ4v) is 10.5. The number of ether oxygens (including phenoxy) is 2. The van der Waals surface area contributed by atoms with Gasteiger partial charge in [-0.2, -0.15) is 0 Å². The van der Waals surface area contributed by atoms with E-state index in [1.165, 1.54) is 0 Å². The third-order valence-electron chi connectivity index (χ3n) is 11.6. The van der Waals surface area contributed by atoms with Crippen LogP contribution in [-0.2, 0) is 24.6 Å². The summed E-state index contributed by atoms with van der Waals surface area (Å²) in [4.78, 5) is 55.5. The molecule has 2 saturated carbocycles. The van der Waals surface area contributed by atoms with Crippen LogP contribution in [0.5, 0.6) is 11.5 Å². The number of carboxylic acid groups (broad SMARTS) is 2. The normalized spacial score (nSPS) is 34.6. The van der Waals surface area contributed by atoms with Gasteiger partial charge in [-0.05, 0) is 42.1 Å². The lowest BCUT2D eigenvalue weighted by Crippen LogP contribution is -2.39. The zero-order valence-corrected chi connectivity index (χ0v) is 25.7. The van der Waals surface area contributed by atoms with Crippen molar-refractivity contribution < 1.29 is 38.9 Å². The summed E-state index contributed by atoms with van der Waals surface area (Å²) in [5.41, 5.74) is 1.11. The molecule has 2 fully saturated rings. The van der Waals surface area contributed by atoms with Gasteiger partial charge in [0.2, 0.25) is 0 Å². The number of hydrogen-bond donors (Lipinski definition) is 2. The summed E-state index contributed by atoms with van der Waals surface area (Å²) in [5, 5.41) is 23.7. The molecule has 0 radical (unpaired) electrons. The summed E-state index contributed by atoms with van der Waals surface area (Å²) in [6.45, 7) is 9.84. The lowest BCUT2D eigenvalue weighted by Gasteiger charge is -2.38. The molecule has 230 valence electrons. The quantitative estimate of drug-likeness (QED) is 0.154. The minimum Gasteiger partial charge on any atom is -0.481 e. The van der Waals surface area contributed by atoms with Gasteiger partial charge < -0.3 is 19.7 Å². The summed E-state index contributed by atoms with van der Waals surface area (Å²) in [5.74, 6) is -9.88. The summed E-state index contributed by atoms with van der Waals surface area (Å²) in [7, 11) is 0. The van der Waals surface area contributed by atoms with Crippen molar-refractivity contribution in [1.29, 1.82) is 0 Å². The number of carboxylic acids is 2. The first-order valence-electron chi connectivity index (χ1n) is 15.5. The first-order chi connectivity index (χ1) is 21.3. The van der Waals surface area contributed by atoms with Crippen LogP contribution in [0.2, 0.25) is 0 Å². The maximum atomic E-state index is 14.6. The zero-order chi connectivity index (χ0) is 31.9. The van der Waals surface area contributed by atoms with Crippen molar-refractivity contribution in [2.24, 2.45) is 52.8 Å². The fourth-order valence-electron chi connectivity index (χ4n) is 10.5. The lowest BCUT2D eigenvalue weighted by atomic mass is 9.63. The van der Waals surface area contributed by atoms with Crippen LogP contribution < -0.4 is 9.47 Å². The van der Waals surface area contributed by atoms with Gasteiger partial charge in [-0.1, -0.05) is 86.5 Å². The van der Waals surface area contributed by atoms with Gasteiger partial charge in [0.15, 0.2) is 0 Å². The Morgan fingerprint density at radius 2 is 1.18 bits per heavy atom. The van der Waals surface area contributed by atoms with Crippen molar-refractivity contribution in [3.8, 4) is 11.5 Å². The maximum Gasteiger partial charge on any atom is 0.315 e. The molecule has 5 aliphatic rings. The number of esters is 2. The number of benzene rings is 3. The van der Waals surface area contributed by atoms with E-state index < -0.39 is 82.1 Å². The van der Waals surface area contributed by atoms with Gasteiger partial charge in [0.1, 0.15) is 11.5 Å². The van der Waals surface area contributed by atoms with E-state index in [9.17, 15) is 29.4 Å². The topological polar surface area (TPSA) is 127 Å². The van der Waals surface area contributed by atoms with Crippen LogP contribution >= 0.6 is 0 Å². The van der Waals surface area contributed by atoms with Crippen molar-refractivity contribution in [1.82, 2.24) is 0 Å². The van der Waals surface area contributed by atoms with Crippen LogP contribution in [0.1, 0.15) is 40.2 Å². The van der Waals surface area contributed by atoms with E-state index in [1.54, 1.807) is 18.2 Å². The second-order valence-corrected chi connectivity index (χ2v) is 14.6. The largest absolute Gasteiger partial charge is 0.481 e. The van der Waals surface area contributed by atoms with E-state index >= 15 is 0 Å². The van der Waals surface area contributed by atoms with Crippen LogP contribution in [0.25, 0.3) is 21.5 Å². The monoisotopic (exact) mass is 606 g/mol. The van der Waals surface area contributed by atoms with E-state index in [0.717, 1.165) is 16.7 Å². The average molecular weight is 607 g/mol. The van der Waals surface area contributed by atoms with Crippen LogP contribution in [0.15, 0.2) is 65.8 Å². The molecular weight excluding hydrogens is 572 g/mol. The molecule has 3 aromatic carbocycles. The highest BCUT2D eigenvalue weighted by atomic mass is 16.5. The summed E-state index contributed by atoms with van der Waals surface area (Å²) < 4.78 is 12.8. The van der Waals surface area contributed by atoms with Crippen molar-refractivity contribution in [3.63, 3.8) is 0 Å². The third kappa shape index (κ3) is 3.27. The Bertz CT molecular complexity index is 1980. The van der Waals surface area contributed by atoms with Crippen molar-refractivity contribution in [3.05, 3.63) is 71.3 Å². The molecule has 0 aromatic heterocycles. The standard InChI is InChI=1S/C37H34O8/c1-15-13-21-24-26(32(38)39)28(15)37(21)22-14-16(2)29(37)27(33(40)41)25(22)35(43)45-31-18-10-7-6-9-17(18)30(44-34(24)42)19-11-8-12-20(23(19)31)36(3,4)5/h6-14,21-22,24-29H,1-5H3,(H,38,39)(H,40,41). The minimum absolute atomic E-state index is 0.295. The second kappa shape index (κ2) is 8.83. The van der Waals surface area contributed by atoms with Gasteiger partial charge in [0.25, 0.3) is 0 Å². The van der Waals surface area contributed by atoms with Crippen LogP contribution in [-0.4, -0.2) is 34.1 Å². The predicted octanol–water partition coefficient (Wildman–Crippen LogP) is 6.15. The fraction of sp³-hybridized carbons (Fsp3) is 0.405. The highest BCUT2D eigenvalue weighted by Gasteiger charge is 2.80. The molecule has 9 atom stereocenters. The minimum atomic E-state index is -1.14. The van der Waals surface area contributed by atoms with Gasteiger partial charge in [0.05, 0.1) is 23.7 Å². The number of carbonyl (C=O) groups excluding carboxylic acids is 2. The van der Waals surface area contributed by atoms with E-state index in [-0.39, 0.29) is 0 Å². The first-order valence-corrected chi connectivity index (χ1v) is 15.5. The smallest absolute Gasteiger partial charge is 0.315 e. The lowest BCUT2D eigenvalue weighted by molar-refractivity contribution is -0.152. The Morgan fingerprint density at radius 1 is 0.711 bits per heavy atom. The highest BCUT2D eigenvalue weighted by molar-refractivity contribution is 6.14. The second-order valence-electron chi connectivity index (χ2n) is 14.6. The number of hydrogen-bond acceptors (Lipinski definition) is 6. The van der Waals surface area contributed by atoms with Gasteiger partial charge >= 0.3 is 23.9 Å². The Balaban J connectivity index is 1.50. The molecule has 9 bridgehead atoms. The van der Waals surface area contributed by atoms with Gasteiger partial charge in [-0.15, -0.1) is 0 Å². The number of aliphatic carboxylic acids is 2. The molecule has 4 aliphatic carbocycles. The zero-order valence-electron chi connectivity index (χ0n) is 25.7. The third-order valence-corrected chi connectivity index (χ3v) is 11.6. The highest BCUT2D eigenvalue weighted by Crippen LogP contribution is 2.78. The van der Waals surface area contributed by atoms with Crippen molar-refractivity contribution in [2.45, 2.75) is 40.0 Å². The number of fused-ring (bicyclic) bond motifs is 3. The summed E-state index contributed by atoms with van der Waals surface area (Å²) in [6, 6.07) is 12.8. The Labute approximate surface area is 259 Å². The average Bonchev–Trinajstić information content (AvgIpc) is 3.64. The SMILES string of the molecule is CC1=CC2C3C(=O)Oc4c5ccccc5c(c5c(C(C)(C)C)cccc45)OC(=O)C4C(C(=O)O)C5C(C)=CC4C25C1C3C(=O)O. The number of rotatable bonds is 2. The Kier molecular flexibility index (Phi) is 5.50. The molecule has 1 aliphatic heterocycles. The Hall–Kier alpha value is -4.46. The molecule has 8 heteroatoms.